The zero-order valence-corrected chi connectivity index (χ0v) is 12.5. The summed E-state index contributed by atoms with van der Waals surface area (Å²) in [6, 6.07) is 5.23. The maximum atomic E-state index is 10.3. The van der Waals surface area contributed by atoms with Crippen LogP contribution in [-0.4, -0.2) is 69.7 Å². The Bertz CT molecular complexity index is 677. The molecule has 0 aliphatic carbocycles. The van der Waals surface area contributed by atoms with Crippen LogP contribution in [0.1, 0.15) is 12.0 Å². The third-order valence-electron chi connectivity index (χ3n) is 4.47. The number of hydrogen-bond donors (Lipinski definition) is 4. The fourth-order valence-electron chi connectivity index (χ4n) is 3.09. The second kappa shape index (κ2) is 5.57. The van der Waals surface area contributed by atoms with E-state index in [4.69, 9.17) is 19.0 Å². The van der Waals surface area contributed by atoms with E-state index < -0.39 is 36.8 Å². The van der Waals surface area contributed by atoms with Crippen LogP contribution in [0, 0.1) is 0 Å². The van der Waals surface area contributed by atoms with Crippen LogP contribution in [0.25, 0.3) is 0 Å². The summed E-state index contributed by atoms with van der Waals surface area (Å²) in [6.07, 6.45) is -5.52. The second-order valence-electron chi connectivity index (χ2n) is 5.95. The van der Waals surface area contributed by atoms with Crippen molar-refractivity contribution < 1.29 is 39.5 Å². The number of oxime groups is 1. The van der Waals surface area contributed by atoms with Crippen LogP contribution in [0.4, 0.5) is 0 Å². The average Bonchev–Trinajstić information content (AvgIpc) is 3.23. The molecule has 3 aliphatic heterocycles. The fourth-order valence-corrected chi connectivity index (χ4v) is 3.09. The summed E-state index contributed by atoms with van der Waals surface area (Å²) >= 11 is 0. The molecule has 9 heteroatoms. The lowest BCUT2D eigenvalue weighted by Gasteiger charge is -2.44. The van der Waals surface area contributed by atoms with Gasteiger partial charge in [0, 0.05) is 5.56 Å². The van der Waals surface area contributed by atoms with Gasteiger partial charge >= 0.3 is 0 Å². The highest BCUT2D eigenvalue weighted by molar-refractivity contribution is 6.02. The molecule has 1 fully saturated rings. The maximum Gasteiger partial charge on any atom is 0.271 e. The summed E-state index contributed by atoms with van der Waals surface area (Å²) in [6.45, 7) is -0.384. The van der Waals surface area contributed by atoms with Crippen molar-refractivity contribution in [3.8, 4) is 11.5 Å². The highest BCUT2D eigenvalue weighted by Crippen LogP contribution is 2.40. The Morgan fingerprint density at radius 2 is 1.92 bits per heavy atom. The smallest absolute Gasteiger partial charge is 0.271 e. The Morgan fingerprint density at radius 1 is 1.12 bits per heavy atom. The van der Waals surface area contributed by atoms with Crippen molar-refractivity contribution in [2.75, 3.05) is 13.4 Å². The lowest BCUT2D eigenvalue weighted by molar-refractivity contribution is -0.355. The molecule has 3 heterocycles. The van der Waals surface area contributed by atoms with Crippen LogP contribution in [0.3, 0.4) is 0 Å². The maximum absolute atomic E-state index is 10.3. The summed E-state index contributed by atoms with van der Waals surface area (Å²) < 4.78 is 16.1. The molecule has 4 N–H and O–H groups in total. The predicted octanol–water partition coefficient (Wildman–Crippen LogP) is -1.29. The highest BCUT2D eigenvalue weighted by Gasteiger charge is 2.58. The quantitative estimate of drug-likeness (QED) is 0.524. The van der Waals surface area contributed by atoms with E-state index in [1.807, 2.05) is 0 Å². The number of ether oxygens (including phenoxy) is 3. The SMILES string of the molecule is OC[C@H]1O[C@@]2(CC(c3ccc4c(c3)OCO4)=NO2)[C@H](O)[C@@H](O)[C@@H]1O. The molecular weight excluding hydrogens is 322 g/mol. The number of rotatable bonds is 2. The topological polar surface area (TPSA) is 130 Å². The first kappa shape index (κ1) is 15.6. The van der Waals surface area contributed by atoms with Gasteiger partial charge < -0.3 is 39.5 Å². The zero-order chi connectivity index (χ0) is 16.9. The van der Waals surface area contributed by atoms with Crippen molar-refractivity contribution in [2.45, 2.75) is 36.6 Å². The molecule has 0 amide bonds. The second-order valence-corrected chi connectivity index (χ2v) is 5.95. The van der Waals surface area contributed by atoms with Crippen LogP contribution in [0.5, 0.6) is 11.5 Å². The van der Waals surface area contributed by atoms with Gasteiger partial charge in [0.05, 0.1) is 18.7 Å². The van der Waals surface area contributed by atoms with Gasteiger partial charge in [-0.25, -0.2) is 0 Å². The fraction of sp³-hybridized carbons (Fsp3) is 0.533. The van der Waals surface area contributed by atoms with Gasteiger partial charge in [-0.05, 0) is 18.2 Å². The van der Waals surface area contributed by atoms with Gasteiger partial charge in [0.2, 0.25) is 6.79 Å². The molecule has 130 valence electrons. The molecule has 1 spiro atoms. The summed E-state index contributed by atoms with van der Waals surface area (Å²) in [5, 5.41) is 43.3. The average molecular weight is 339 g/mol. The van der Waals surface area contributed by atoms with Gasteiger partial charge in [-0.3, -0.25) is 0 Å². The molecule has 0 radical (unpaired) electrons. The van der Waals surface area contributed by atoms with Gasteiger partial charge in [-0.2, -0.15) is 0 Å². The van der Waals surface area contributed by atoms with Gasteiger partial charge in [-0.1, -0.05) is 5.16 Å². The number of benzene rings is 1. The van der Waals surface area contributed by atoms with Crippen molar-refractivity contribution in [3.05, 3.63) is 23.8 Å². The van der Waals surface area contributed by atoms with Crippen molar-refractivity contribution >= 4 is 5.71 Å². The van der Waals surface area contributed by atoms with Gasteiger partial charge in [-0.15, -0.1) is 0 Å². The molecule has 0 bridgehead atoms. The normalized spacial score (nSPS) is 37.4. The molecule has 4 rings (SSSR count). The van der Waals surface area contributed by atoms with Crippen LogP contribution in [-0.2, 0) is 9.57 Å². The number of nitrogens with zero attached hydrogens (tertiary/aromatic N) is 1. The van der Waals surface area contributed by atoms with E-state index in [2.05, 4.69) is 5.16 Å². The minimum Gasteiger partial charge on any atom is -0.454 e. The van der Waals surface area contributed by atoms with E-state index in [-0.39, 0.29) is 13.2 Å². The largest absolute Gasteiger partial charge is 0.454 e. The van der Waals surface area contributed by atoms with Crippen molar-refractivity contribution in [1.82, 2.24) is 0 Å². The van der Waals surface area contributed by atoms with E-state index in [9.17, 15) is 20.4 Å². The molecule has 9 nitrogen and oxygen atoms in total. The van der Waals surface area contributed by atoms with Gasteiger partial charge in [0.25, 0.3) is 5.79 Å². The van der Waals surface area contributed by atoms with E-state index in [0.717, 1.165) is 0 Å². The molecule has 0 unspecified atom stereocenters. The third-order valence-corrected chi connectivity index (χ3v) is 4.47. The molecule has 3 aliphatic rings. The highest BCUT2D eigenvalue weighted by atomic mass is 16.8. The summed E-state index contributed by atoms with van der Waals surface area (Å²) in [5.41, 5.74) is 1.17. The van der Waals surface area contributed by atoms with Gasteiger partial charge in [0.1, 0.15) is 18.3 Å². The lowest BCUT2D eigenvalue weighted by Crippen LogP contribution is -2.65. The lowest BCUT2D eigenvalue weighted by atomic mass is 9.89. The van der Waals surface area contributed by atoms with Crippen LogP contribution < -0.4 is 9.47 Å². The van der Waals surface area contributed by atoms with Crippen molar-refractivity contribution in [1.29, 1.82) is 0 Å². The molecule has 0 saturated carbocycles. The monoisotopic (exact) mass is 339 g/mol. The van der Waals surface area contributed by atoms with E-state index >= 15 is 0 Å². The number of aliphatic hydroxyl groups excluding tert-OH is 4. The van der Waals surface area contributed by atoms with Crippen LogP contribution in [0.15, 0.2) is 23.4 Å². The van der Waals surface area contributed by atoms with Gasteiger partial charge in [0.15, 0.2) is 17.6 Å². The Morgan fingerprint density at radius 3 is 2.71 bits per heavy atom. The zero-order valence-electron chi connectivity index (χ0n) is 12.5. The van der Waals surface area contributed by atoms with E-state index in [0.29, 0.717) is 22.8 Å². The minimum absolute atomic E-state index is 0.0358. The molecule has 1 aromatic carbocycles. The summed E-state index contributed by atoms with van der Waals surface area (Å²) in [5.74, 6) is -0.455. The molecule has 0 aromatic heterocycles. The summed E-state index contributed by atoms with van der Waals surface area (Å²) in [7, 11) is 0. The first-order chi connectivity index (χ1) is 11.5. The van der Waals surface area contributed by atoms with Crippen molar-refractivity contribution in [3.63, 3.8) is 0 Å². The summed E-state index contributed by atoms with van der Waals surface area (Å²) in [4.78, 5) is 5.29. The molecule has 1 aromatic rings. The Labute approximate surface area is 136 Å². The molecule has 24 heavy (non-hydrogen) atoms. The van der Waals surface area contributed by atoms with E-state index in [1.54, 1.807) is 18.2 Å². The predicted molar refractivity (Wildman–Crippen MR) is 77.5 cm³/mol. The first-order valence-corrected chi connectivity index (χ1v) is 7.52. The minimum atomic E-state index is -1.66. The van der Waals surface area contributed by atoms with Crippen LogP contribution in [0.2, 0.25) is 0 Å². The number of aliphatic hydroxyl groups is 4. The van der Waals surface area contributed by atoms with Crippen molar-refractivity contribution in [2.24, 2.45) is 5.16 Å². The molecule has 5 atom stereocenters. The standard InChI is InChI=1S/C15H17NO8/c17-5-11-12(18)13(19)14(20)15(23-11)4-8(16-24-15)7-1-2-9-10(3-7)22-6-21-9/h1-3,11-14,17-20H,4-6H2/t11-,12-,13+,14-,15-/m1/s1. The Balaban J connectivity index is 1.58. The molecular formula is C15H17NO8. The Kier molecular flexibility index (Phi) is 3.62. The number of hydrogen-bond acceptors (Lipinski definition) is 9. The third kappa shape index (κ3) is 2.25. The molecule has 1 saturated heterocycles. The number of fused-ring (bicyclic) bond motifs is 1. The van der Waals surface area contributed by atoms with E-state index in [1.165, 1.54) is 0 Å². The van der Waals surface area contributed by atoms with Crippen LogP contribution >= 0.6 is 0 Å². The first-order valence-electron chi connectivity index (χ1n) is 7.52. The Hall–Kier alpha value is -1.91.